The summed E-state index contributed by atoms with van der Waals surface area (Å²) in [5.41, 5.74) is 0.671. The van der Waals surface area contributed by atoms with Gasteiger partial charge in [0.25, 0.3) is 0 Å². The number of imidazole rings is 1. The highest BCUT2D eigenvalue weighted by molar-refractivity contribution is 5.94. The Morgan fingerprint density at radius 3 is 2.00 bits per heavy atom. The average molecular weight is 499 g/mol. The number of carbonyl (C=O) groups is 5. The van der Waals surface area contributed by atoms with E-state index in [0.29, 0.717) is 5.69 Å². The van der Waals surface area contributed by atoms with Crippen LogP contribution >= 0.6 is 0 Å². The van der Waals surface area contributed by atoms with Gasteiger partial charge in [0.05, 0.1) is 18.5 Å². The standard InChI is InChI=1S/C21H34N6O8/c1-10(2)16(19(32)25-13(21(34)35)5-6-15(29)30)26-20(33)17(11(3)28)27-18(31)14(22-4)7-12-8-23-9-24-12/h8-11,13-14,16-17,22,28H,5-7H2,1-4H3,(H,23,24)(H,25,32)(H,26,33)(H,27,31)(H,29,30)(H,34,35). The number of H-pyrrole nitrogens is 1. The van der Waals surface area contributed by atoms with Gasteiger partial charge in [-0.15, -0.1) is 0 Å². The Hall–Kier alpha value is -3.52. The molecule has 0 aromatic carbocycles. The number of likely N-dealkylation sites (N-methyl/N-ethyl adjacent to an activating group) is 1. The van der Waals surface area contributed by atoms with Crippen molar-refractivity contribution in [1.82, 2.24) is 31.2 Å². The predicted octanol–water partition coefficient (Wildman–Crippen LogP) is -2.02. The van der Waals surface area contributed by atoms with Gasteiger partial charge in [0.2, 0.25) is 17.7 Å². The van der Waals surface area contributed by atoms with Crippen LogP contribution in [-0.4, -0.2) is 92.3 Å². The Morgan fingerprint density at radius 2 is 1.54 bits per heavy atom. The molecule has 1 aromatic heterocycles. The van der Waals surface area contributed by atoms with Crippen molar-refractivity contribution in [2.75, 3.05) is 7.05 Å². The largest absolute Gasteiger partial charge is 0.481 e. The minimum atomic E-state index is -1.47. The van der Waals surface area contributed by atoms with Gasteiger partial charge in [0.1, 0.15) is 18.1 Å². The molecular formula is C21H34N6O8. The molecule has 14 heteroatoms. The number of hydrogen-bond donors (Lipinski definition) is 8. The van der Waals surface area contributed by atoms with Crippen molar-refractivity contribution in [3.05, 3.63) is 18.2 Å². The van der Waals surface area contributed by atoms with Crippen LogP contribution in [0.5, 0.6) is 0 Å². The van der Waals surface area contributed by atoms with E-state index in [1.165, 1.54) is 13.3 Å². The molecule has 14 nitrogen and oxygen atoms in total. The first-order chi connectivity index (χ1) is 16.4. The van der Waals surface area contributed by atoms with Crippen molar-refractivity contribution in [3.63, 3.8) is 0 Å². The van der Waals surface area contributed by atoms with Gasteiger partial charge in [0.15, 0.2) is 0 Å². The van der Waals surface area contributed by atoms with Crippen molar-refractivity contribution in [2.45, 2.75) is 70.3 Å². The number of aliphatic hydroxyl groups excluding tert-OH is 1. The zero-order chi connectivity index (χ0) is 26.7. The van der Waals surface area contributed by atoms with Crippen LogP contribution in [0.1, 0.15) is 39.3 Å². The van der Waals surface area contributed by atoms with Crippen LogP contribution in [0.25, 0.3) is 0 Å². The molecule has 1 rings (SSSR count). The molecule has 3 amide bonds. The summed E-state index contributed by atoms with van der Waals surface area (Å²) in [7, 11) is 1.56. The van der Waals surface area contributed by atoms with Crippen molar-refractivity contribution < 1.29 is 39.3 Å². The first-order valence-corrected chi connectivity index (χ1v) is 11.1. The van der Waals surface area contributed by atoms with Gasteiger partial charge >= 0.3 is 11.9 Å². The number of hydrogen-bond acceptors (Lipinski definition) is 8. The molecular weight excluding hydrogens is 464 g/mol. The molecule has 0 fully saturated rings. The first-order valence-electron chi connectivity index (χ1n) is 11.1. The molecule has 1 heterocycles. The maximum Gasteiger partial charge on any atom is 0.326 e. The summed E-state index contributed by atoms with van der Waals surface area (Å²) in [6, 6.07) is -4.84. The normalized spacial score (nSPS) is 15.4. The van der Waals surface area contributed by atoms with E-state index in [1.807, 2.05) is 0 Å². The number of aliphatic hydroxyl groups is 1. The lowest BCUT2D eigenvalue weighted by Crippen LogP contribution is -2.61. The smallest absolute Gasteiger partial charge is 0.326 e. The van der Waals surface area contributed by atoms with Crippen molar-refractivity contribution in [1.29, 1.82) is 0 Å². The number of nitrogens with zero attached hydrogens (tertiary/aromatic N) is 1. The molecule has 0 aliphatic rings. The summed E-state index contributed by atoms with van der Waals surface area (Å²) < 4.78 is 0. The zero-order valence-corrected chi connectivity index (χ0v) is 20.1. The van der Waals surface area contributed by atoms with E-state index in [2.05, 4.69) is 31.2 Å². The maximum absolute atomic E-state index is 12.9. The topological polar surface area (TPSA) is 223 Å². The minimum Gasteiger partial charge on any atom is -0.481 e. The lowest BCUT2D eigenvalue weighted by atomic mass is 10.0. The third-order valence-corrected chi connectivity index (χ3v) is 5.21. The Balaban J connectivity index is 2.91. The highest BCUT2D eigenvalue weighted by Crippen LogP contribution is 2.07. The summed E-state index contributed by atoms with van der Waals surface area (Å²) >= 11 is 0. The SMILES string of the molecule is CNC(Cc1cnc[nH]1)C(=O)NC(C(=O)NC(C(=O)NC(CCC(=O)O)C(=O)O)C(C)C)C(C)O. The second kappa shape index (κ2) is 14.0. The molecule has 0 saturated heterocycles. The van der Waals surface area contributed by atoms with Crippen LogP contribution in [0, 0.1) is 5.92 Å². The quantitative estimate of drug-likeness (QED) is 0.132. The molecule has 0 saturated carbocycles. The lowest BCUT2D eigenvalue weighted by molar-refractivity contribution is -0.143. The molecule has 196 valence electrons. The first kappa shape index (κ1) is 29.5. The molecule has 1 aromatic rings. The van der Waals surface area contributed by atoms with Crippen LogP contribution in [-0.2, 0) is 30.4 Å². The highest BCUT2D eigenvalue weighted by atomic mass is 16.4. The van der Waals surface area contributed by atoms with Gasteiger partial charge in [-0.05, 0) is 26.3 Å². The Labute approximate surface area is 202 Å². The summed E-state index contributed by atoms with van der Waals surface area (Å²) in [5.74, 6) is -5.40. The summed E-state index contributed by atoms with van der Waals surface area (Å²) in [6.07, 6.45) is 1.10. The number of amides is 3. The summed E-state index contributed by atoms with van der Waals surface area (Å²) in [4.78, 5) is 67.3. The molecule has 0 aliphatic carbocycles. The molecule has 8 N–H and O–H groups in total. The van der Waals surface area contributed by atoms with E-state index in [9.17, 15) is 34.2 Å². The number of carboxylic acids is 2. The van der Waals surface area contributed by atoms with Crippen molar-refractivity contribution >= 4 is 29.7 Å². The Morgan fingerprint density at radius 1 is 0.943 bits per heavy atom. The van der Waals surface area contributed by atoms with Crippen LogP contribution in [0.15, 0.2) is 12.5 Å². The zero-order valence-electron chi connectivity index (χ0n) is 20.1. The van der Waals surface area contributed by atoms with Crippen molar-refractivity contribution in [2.24, 2.45) is 5.92 Å². The van der Waals surface area contributed by atoms with Crippen LogP contribution in [0.2, 0.25) is 0 Å². The summed E-state index contributed by atoms with van der Waals surface area (Å²) in [6.45, 7) is 4.51. The van der Waals surface area contributed by atoms with Gasteiger partial charge in [0, 0.05) is 24.7 Å². The number of aromatic nitrogens is 2. The van der Waals surface area contributed by atoms with Gasteiger partial charge in [-0.2, -0.15) is 0 Å². The number of aliphatic carboxylic acids is 2. The molecule has 0 spiro atoms. The van der Waals surface area contributed by atoms with E-state index >= 15 is 0 Å². The second-order valence-corrected chi connectivity index (χ2v) is 8.41. The van der Waals surface area contributed by atoms with E-state index in [4.69, 9.17) is 5.11 Å². The lowest BCUT2D eigenvalue weighted by Gasteiger charge is -2.28. The molecule has 0 aliphatic heterocycles. The number of rotatable bonds is 15. The third-order valence-electron chi connectivity index (χ3n) is 5.21. The van der Waals surface area contributed by atoms with Crippen LogP contribution in [0.3, 0.4) is 0 Å². The number of carbonyl (C=O) groups excluding carboxylic acids is 3. The molecule has 5 unspecified atom stereocenters. The summed E-state index contributed by atoms with van der Waals surface area (Å²) in [5, 5.41) is 38.1. The fourth-order valence-corrected chi connectivity index (χ4v) is 3.17. The van der Waals surface area contributed by atoms with Gasteiger partial charge in [-0.3, -0.25) is 19.2 Å². The number of carboxylic acid groups (broad SMARTS) is 2. The van der Waals surface area contributed by atoms with E-state index < -0.39 is 72.3 Å². The van der Waals surface area contributed by atoms with E-state index in [-0.39, 0.29) is 12.8 Å². The average Bonchev–Trinajstić information content (AvgIpc) is 3.28. The predicted molar refractivity (Wildman–Crippen MR) is 122 cm³/mol. The van der Waals surface area contributed by atoms with Gasteiger partial charge < -0.3 is 41.6 Å². The highest BCUT2D eigenvalue weighted by Gasteiger charge is 2.34. The Bertz CT molecular complexity index is 873. The molecule has 0 bridgehead atoms. The van der Waals surface area contributed by atoms with Crippen LogP contribution in [0.4, 0.5) is 0 Å². The van der Waals surface area contributed by atoms with E-state index in [0.717, 1.165) is 0 Å². The van der Waals surface area contributed by atoms with Crippen molar-refractivity contribution in [3.8, 4) is 0 Å². The number of nitrogens with one attached hydrogen (secondary N) is 5. The molecule has 35 heavy (non-hydrogen) atoms. The molecule has 5 atom stereocenters. The number of aromatic amines is 1. The van der Waals surface area contributed by atoms with Gasteiger partial charge in [-0.1, -0.05) is 13.8 Å². The fourth-order valence-electron chi connectivity index (χ4n) is 3.17. The second-order valence-electron chi connectivity index (χ2n) is 8.41. The molecule has 0 radical (unpaired) electrons. The fraction of sp³-hybridized carbons (Fsp3) is 0.619. The maximum atomic E-state index is 12.9. The third kappa shape index (κ3) is 9.70. The monoisotopic (exact) mass is 498 g/mol. The van der Waals surface area contributed by atoms with Crippen LogP contribution < -0.4 is 21.3 Å². The Kier molecular flexibility index (Phi) is 11.8. The van der Waals surface area contributed by atoms with E-state index in [1.54, 1.807) is 27.1 Å². The minimum absolute atomic E-state index is 0.237. The van der Waals surface area contributed by atoms with Gasteiger partial charge in [-0.25, -0.2) is 9.78 Å².